The summed E-state index contributed by atoms with van der Waals surface area (Å²) in [5.74, 6) is 1.02. The minimum absolute atomic E-state index is 0.0530. The Morgan fingerprint density at radius 2 is 1.92 bits per heavy atom. The zero-order valence-electron chi connectivity index (χ0n) is 14.3. The molecule has 1 atom stereocenters. The Balaban J connectivity index is 1.85. The number of benzene rings is 1. The highest BCUT2D eigenvalue weighted by atomic mass is 32.1. The van der Waals surface area contributed by atoms with Gasteiger partial charge in [0.15, 0.2) is 0 Å². The third kappa shape index (κ3) is 2.98. The lowest BCUT2D eigenvalue weighted by Crippen LogP contribution is -2.30. The molecule has 4 rings (SSSR count). The lowest BCUT2D eigenvalue weighted by atomic mass is 10.0. The zero-order chi connectivity index (χ0) is 17.2. The maximum absolute atomic E-state index is 10.8. The molecule has 6 nitrogen and oxygen atoms in total. The van der Waals surface area contributed by atoms with Gasteiger partial charge in [0.25, 0.3) is 0 Å². The summed E-state index contributed by atoms with van der Waals surface area (Å²) in [4.78, 5) is 8.28. The van der Waals surface area contributed by atoms with Crippen LogP contribution in [0, 0.1) is 0 Å². The molecule has 0 aliphatic carbocycles. The first kappa shape index (κ1) is 16.4. The van der Waals surface area contributed by atoms with Crippen molar-refractivity contribution in [3.8, 4) is 11.6 Å². The molecule has 0 saturated carbocycles. The molecule has 3 heterocycles. The number of nitrogens with zero attached hydrogens (tertiary/aromatic N) is 4. The van der Waals surface area contributed by atoms with Crippen molar-refractivity contribution in [2.24, 2.45) is 0 Å². The van der Waals surface area contributed by atoms with Gasteiger partial charge in [0.1, 0.15) is 12.1 Å². The van der Waals surface area contributed by atoms with E-state index in [0.29, 0.717) is 4.96 Å². The molecule has 1 aromatic carbocycles. The highest BCUT2D eigenvalue weighted by Gasteiger charge is 2.31. The monoisotopic (exact) mass is 358 g/mol. The SMILES string of the molecule is COc1ccccc1C(c1sc2ncnn2c1O)N1CCCCCC1. The van der Waals surface area contributed by atoms with Crippen LogP contribution in [0.25, 0.3) is 4.96 Å². The van der Waals surface area contributed by atoms with Gasteiger partial charge in [-0.1, -0.05) is 42.4 Å². The van der Waals surface area contributed by atoms with E-state index >= 15 is 0 Å². The molecule has 1 aliphatic heterocycles. The zero-order valence-corrected chi connectivity index (χ0v) is 15.1. The number of thiazole rings is 1. The van der Waals surface area contributed by atoms with Crippen molar-refractivity contribution >= 4 is 16.3 Å². The van der Waals surface area contributed by atoms with Crippen LogP contribution in [0.3, 0.4) is 0 Å². The van der Waals surface area contributed by atoms with E-state index in [-0.39, 0.29) is 11.9 Å². The Bertz CT molecular complexity index is 852. The van der Waals surface area contributed by atoms with Crippen molar-refractivity contribution in [2.75, 3.05) is 20.2 Å². The average Bonchev–Trinajstić information content (AvgIpc) is 3.10. The molecular formula is C18H22N4O2S. The molecular weight excluding hydrogens is 336 g/mol. The molecule has 132 valence electrons. The summed E-state index contributed by atoms with van der Waals surface area (Å²) >= 11 is 1.50. The van der Waals surface area contributed by atoms with Gasteiger partial charge >= 0.3 is 0 Å². The lowest BCUT2D eigenvalue weighted by molar-refractivity contribution is 0.228. The summed E-state index contributed by atoms with van der Waals surface area (Å²) in [5.41, 5.74) is 1.08. The summed E-state index contributed by atoms with van der Waals surface area (Å²) in [6, 6.07) is 8.02. The molecule has 3 aromatic rings. The second-order valence-corrected chi connectivity index (χ2v) is 7.35. The third-order valence-corrected chi connectivity index (χ3v) is 5.91. The van der Waals surface area contributed by atoms with Crippen LogP contribution in [0.2, 0.25) is 0 Å². The van der Waals surface area contributed by atoms with E-state index in [2.05, 4.69) is 21.0 Å². The molecule has 25 heavy (non-hydrogen) atoms. The molecule has 1 N–H and O–H groups in total. The van der Waals surface area contributed by atoms with E-state index in [4.69, 9.17) is 4.74 Å². The maximum Gasteiger partial charge on any atom is 0.230 e. The standard InChI is InChI=1S/C18H22N4O2S/c1-24-14-9-5-4-8-13(14)15(21-10-6-2-3-7-11-21)16-17(23)22-18(25-16)19-12-20-22/h4-5,8-9,12,15,23H,2-3,6-7,10-11H2,1H3. The van der Waals surface area contributed by atoms with Crippen molar-refractivity contribution in [1.29, 1.82) is 0 Å². The number of likely N-dealkylation sites (tertiary alicyclic amines) is 1. The number of hydrogen-bond donors (Lipinski definition) is 1. The van der Waals surface area contributed by atoms with Gasteiger partial charge < -0.3 is 9.84 Å². The molecule has 1 aliphatic rings. The number of methoxy groups -OCH3 is 1. The average molecular weight is 358 g/mol. The topological polar surface area (TPSA) is 62.9 Å². The van der Waals surface area contributed by atoms with Crippen LogP contribution in [0.15, 0.2) is 30.6 Å². The smallest absolute Gasteiger partial charge is 0.230 e. The summed E-state index contributed by atoms with van der Waals surface area (Å²) in [7, 11) is 1.70. The van der Waals surface area contributed by atoms with E-state index in [1.807, 2.05) is 18.2 Å². The maximum atomic E-state index is 10.8. The normalized spacial score (nSPS) is 17.5. The summed E-state index contributed by atoms with van der Waals surface area (Å²) in [5, 5.41) is 14.9. The Morgan fingerprint density at radius 3 is 2.64 bits per heavy atom. The van der Waals surface area contributed by atoms with Gasteiger partial charge in [0.05, 0.1) is 18.0 Å². The van der Waals surface area contributed by atoms with E-state index in [0.717, 1.165) is 29.3 Å². The predicted molar refractivity (Wildman–Crippen MR) is 97.4 cm³/mol. The fraction of sp³-hybridized carbons (Fsp3) is 0.444. The Morgan fingerprint density at radius 1 is 1.16 bits per heavy atom. The minimum Gasteiger partial charge on any atom is -0.496 e. The molecule has 0 bridgehead atoms. The summed E-state index contributed by atoms with van der Waals surface area (Å²) in [6.07, 6.45) is 6.34. The molecule has 2 aromatic heterocycles. The largest absolute Gasteiger partial charge is 0.496 e. The Kier molecular flexibility index (Phi) is 4.59. The van der Waals surface area contributed by atoms with Gasteiger partial charge in [-0.2, -0.15) is 9.61 Å². The Labute approximate surface area is 150 Å². The summed E-state index contributed by atoms with van der Waals surface area (Å²) < 4.78 is 7.14. The van der Waals surface area contributed by atoms with E-state index < -0.39 is 0 Å². The second-order valence-electron chi connectivity index (χ2n) is 6.34. The molecule has 0 spiro atoms. The number of rotatable bonds is 4. The number of para-hydroxylation sites is 1. The molecule has 0 radical (unpaired) electrons. The molecule has 0 amide bonds. The number of aromatic nitrogens is 3. The number of fused-ring (bicyclic) bond motifs is 1. The van der Waals surface area contributed by atoms with Crippen molar-refractivity contribution < 1.29 is 9.84 Å². The fourth-order valence-corrected chi connectivity index (χ4v) is 4.70. The number of hydrogen-bond acceptors (Lipinski definition) is 6. The first-order chi connectivity index (χ1) is 12.3. The van der Waals surface area contributed by atoms with Crippen molar-refractivity contribution in [3.05, 3.63) is 41.0 Å². The highest BCUT2D eigenvalue weighted by molar-refractivity contribution is 7.17. The fourth-order valence-electron chi connectivity index (χ4n) is 3.62. The van der Waals surface area contributed by atoms with Gasteiger partial charge in [0.2, 0.25) is 10.8 Å². The van der Waals surface area contributed by atoms with Crippen LogP contribution in [-0.2, 0) is 0 Å². The second kappa shape index (κ2) is 7.01. The van der Waals surface area contributed by atoms with Gasteiger partial charge in [0, 0.05) is 5.56 Å². The van der Waals surface area contributed by atoms with Crippen molar-refractivity contribution in [1.82, 2.24) is 19.5 Å². The highest BCUT2D eigenvalue weighted by Crippen LogP contribution is 2.43. The van der Waals surface area contributed by atoms with Crippen LogP contribution in [0.4, 0.5) is 0 Å². The van der Waals surface area contributed by atoms with Crippen molar-refractivity contribution in [3.63, 3.8) is 0 Å². The first-order valence-electron chi connectivity index (χ1n) is 8.68. The van der Waals surface area contributed by atoms with Crippen LogP contribution < -0.4 is 4.74 Å². The quantitative estimate of drug-likeness (QED) is 0.774. The number of ether oxygens (including phenoxy) is 1. The van der Waals surface area contributed by atoms with Crippen molar-refractivity contribution in [2.45, 2.75) is 31.7 Å². The van der Waals surface area contributed by atoms with E-state index in [9.17, 15) is 5.11 Å². The van der Waals surface area contributed by atoms with Gasteiger partial charge in [-0.05, 0) is 32.0 Å². The third-order valence-electron chi connectivity index (χ3n) is 4.83. The van der Waals surface area contributed by atoms with E-state index in [1.165, 1.54) is 47.9 Å². The lowest BCUT2D eigenvalue weighted by Gasteiger charge is -2.31. The van der Waals surface area contributed by atoms with Gasteiger partial charge in [-0.25, -0.2) is 4.98 Å². The molecule has 1 saturated heterocycles. The van der Waals surface area contributed by atoms with Crippen LogP contribution in [-0.4, -0.2) is 44.8 Å². The van der Waals surface area contributed by atoms with Crippen LogP contribution in [0.1, 0.15) is 42.2 Å². The number of aromatic hydroxyl groups is 1. The van der Waals surface area contributed by atoms with Gasteiger partial charge in [-0.3, -0.25) is 4.90 Å². The predicted octanol–water partition coefficient (Wildman–Crippen LogP) is 3.47. The molecule has 1 unspecified atom stereocenters. The van der Waals surface area contributed by atoms with Crippen LogP contribution in [0.5, 0.6) is 11.6 Å². The van der Waals surface area contributed by atoms with E-state index in [1.54, 1.807) is 7.11 Å². The molecule has 1 fully saturated rings. The van der Waals surface area contributed by atoms with Crippen LogP contribution >= 0.6 is 11.3 Å². The first-order valence-corrected chi connectivity index (χ1v) is 9.49. The molecule has 7 heteroatoms. The Hall–Kier alpha value is -2.12. The summed E-state index contributed by atoms with van der Waals surface area (Å²) in [6.45, 7) is 2.02. The van der Waals surface area contributed by atoms with Gasteiger partial charge in [-0.15, -0.1) is 0 Å². The minimum atomic E-state index is -0.0530.